The highest BCUT2D eigenvalue weighted by molar-refractivity contribution is 5.77. The molecule has 0 fully saturated rings. The molecule has 0 bridgehead atoms. The Hall–Kier alpha value is -2.69. The molecule has 2 aromatic carbocycles. The van der Waals surface area contributed by atoms with Crippen LogP contribution in [0, 0.1) is 0 Å². The van der Waals surface area contributed by atoms with E-state index >= 15 is 0 Å². The molecule has 1 heterocycles. The zero-order valence-electron chi connectivity index (χ0n) is 14.9. The van der Waals surface area contributed by atoms with E-state index in [4.69, 9.17) is 14.2 Å². The van der Waals surface area contributed by atoms with Gasteiger partial charge < -0.3 is 19.5 Å². The second-order valence-corrected chi connectivity index (χ2v) is 6.72. The third-order valence-corrected chi connectivity index (χ3v) is 5.11. The number of hydrogen-bond acceptors (Lipinski definition) is 4. The number of aryl methyl sites for hydroxylation is 1. The van der Waals surface area contributed by atoms with Crippen molar-refractivity contribution in [2.24, 2.45) is 0 Å². The van der Waals surface area contributed by atoms with Crippen molar-refractivity contribution in [1.82, 2.24) is 5.32 Å². The molecule has 5 heteroatoms. The lowest BCUT2D eigenvalue weighted by Crippen LogP contribution is -2.24. The standard InChI is InChI=1S/C21H23NO4/c1-24-18-12-20-19(25-8-9-26-20)10-16(18)13-22-21(23)11-15-7-6-14-4-2-3-5-17(14)15/h2-5,10,12,15H,6-9,11,13H2,1H3,(H,22,23). The van der Waals surface area contributed by atoms with Crippen molar-refractivity contribution in [3.8, 4) is 17.2 Å². The number of rotatable bonds is 5. The van der Waals surface area contributed by atoms with Crippen molar-refractivity contribution in [2.45, 2.75) is 31.7 Å². The lowest BCUT2D eigenvalue weighted by atomic mass is 9.97. The van der Waals surface area contributed by atoms with Gasteiger partial charge in [-0.15, -0.1) is 0 Å². The van der Waals surface area contributed by atoms with E-state index < -0.39 is 0 Å². The summed E-state index contributed by atoms with van der Waals surface area (Å²) in [6.45, 7) is 1.48. The Bertz CT molecular complexity index is 818. The molecule has 1 N–H and O–H groups in total. The summed E-state index contributed by atoms with van der Waals surface area (Å²) in [6.07, 6.45) is 2.62. The Morgan fingerprint density at radius 1 is 1.19 bits per heavy atom. The molecule has 1 amide bonds. The van der Waals surface area contributed by atoms with Crippen LogP contribution in [0.4, 0.5) is 0 Å². The summed E-state index contributed by atoms with van der Waals surface area (Å²) in [7, 11) is 1.62. The fourth-order valence-corrected chi connectivity index (χ4v) is 3.79. The lowest BCUT2D eigenvalue weighted by molar-refractivity contribution is -0.121. The van der Waals surface area contributed by atoms with Crippen LogP contribution < -0.4 is 19.5 Å². The molecule has 2 aliphatic rings. The summed E-state index contributed by atoms with van der Waals surface area (Å²) in [6, 6.07) is 12.1. The number of carbonyl (C=O) groups excluding carboxylic acids is 1. The van der Waals surface area contributed by atoms with E-state index in [2.05, 4.69) is 29.6 Å². The first-order valence-electron chi connectivity index (χ1n) is 9.05. The zero-order chi connectivity index (χ0) is 17.9. The maximum Gasteiger partial charge on any atom is 0.220 e. The Morgan fingerprint density at radius 2 is 1.96 bits per heavy atom. The molecule has 0 saturated carbocycles. The molecule has 26 heavy (non-hydrogen) atoms. The number of nitrogens with one attached hydrogen (secondary N) is 1. The Morgan fingerprint density at radius 3 is 2.77 bits per heavy atom. The highest BCUT2D eigenvalue weighted by Gasteiger charge is 2.24. The first-order valence-corrected chi connectivity index (χ1v) is 9.05. The van der Waals surface area contributed by atoms with Gasteiger partial charge in [-0.05, 0) is 36.0 Å². The fourth-order valence-electron chi connectivity index (χ4n) is 3.79. The van der Waals surface area contributed by atoms with Crippen LogP contribution in [0.5, 0.6) is 17.2 Å². The quantitative estimate of drug-likeness (QED) is 0.897. The van der Waals surface area contributed by atoms with Crippen molar-refractivity contribution >= 4 is 5.91 Å². The predicted molar refractivity (Wildman–Crippen MR) is 98.0 cm³/mol. The number of amides is 1. The Balaban J connectivity index is 1.40. The van der Waals surface area contributed by atoms with E-state index in [1.807, 2.05) is 12.1 Å². The number of benzene rings is 2. The van der Waals surface area contributed by atoms with Crippen LogP contribution in [0.2, 0.25) is 0 Å². The van der Waals surface area contributed by atoms with Crippen LogP contribution in [0.15, 0.2) is 36.4 Å². The van der Waals surface area contributed by atoms with Gasteiger partial charge in [0.15, 0.2) is 11.5 Å². The van der Waals surface area contributed by atoms with E-state index in [0.29, 0.717) is 49.3 Å². The van der Waals surface area contributed by atoms with Gasteiger partial charge in [0.1, 0.15) is 19.0 Å². The highest BCUT2D eigenvalue weighted by Crippen LogP contribution is 2.37. The first-order chi connectivity index (χ1) is 12.7. The molecule has 0 spiro atoms. The molecule has 1 aliphatic carbocycles. The summed E-state index contributed by atoms with van der Waals surface area (Å²) in [5.41, 5.74) is 3.58. The number of carbonyl (C=O) groups is 1. The maximum atomic E-state index is 12.5. The average Bonchev–Trinajstić information content (AvgIpc) is 3.08. The SMILES string of the molecule is COc1cc2c(cc1CNC(=O)CC1CCc3ccccc31)OCCO2. The summed E-state index contributed by atoms with van der Waals surface area (Å²) < 4.78 is 16.6. The Labute approximate surface area is 153 Å². The molecule has 1 unspecified atom stereocenters. The first kappa shape index (κ1) is 16.8. The van der Waals surface area contributed by atoms with E-state index in [1.165, 1.54) is 11.1 Å². The van der Waals surface area contributed by atoms with Gasteiger partial charge in [-0.2, -0.15) is 0 Å². The molecule has 2 aromatic rings. The molecule has 0 saturated heterocycles. The van der Waals surface area contributed by atoms with Gasteiger partial charge in [-0.1, -0.05) is 24.3 Å². The molecular weight excluding hydrogens is 330 g/mol. The largest absolute Gasteiger partial charge is 0.496 e. The van der Waals surface area contributed by atoms with Crippen molar-refractivity contribution < 1.29 is 19.0 Å². The molecule has 1 atom stereocenters. The van der Waals surface area contributed by atoms with Crippen LogP contribution in [-0.2, 0) is 17.8 Å². The van der Waals surface area contributed by atoms with Crippen LogP contribution in [-0.4, -0.2) is 26.2 Å². The van der Waals surface area contributed by atoms with Crippen LogP contribution in [0.25, 0.3) is 0 Å². The fraction of sp³-hybridized carbons (Fsp3) is 0.381. The van der Waals surface area contributed by atoms with Gasteiger partial charge in [0.25, 0.3) is 0 Å². The molecule has 0 radical (unpaired) electrons. The minimum atomic E-state index is 0.0589. The molecule has 4 rings (SSSR count). The van der Waals surface area contributed by atoms with Crippen molar-refractivity contribution in [3.63, 3.8) is 0 Å². The second kappa shape index (κ2) is 7.28. The highest BCUT2D eigenvalue weighted by atomic mass is 16.6. The molecule has 5 nitrogen and oxygen atoms in total. The number of fused-ring (bicyclic) bond motifs is 2. The van der Waals surface area contributed by atoms with Gasteiger partial charge >= 0.3 is 0 Å². The smallest absolute Gasteiger partial charge is 0.220 e. The second-order valence-electron chi connectivity index (χ2n) is 6.72. The normalized spacial score (nSPS) is 17.5. The van der Waals surface area contributed by atoms with Gasteiger partial charge in [0.05, 0.1) is 7.11 Å². The number of hydrogen-bond donors (Lipinski definition) is 1. The van der Waals surface area contributed by atoms with E-state index in [-0.39, 0.29) is 5.91 Å². The molecule has 0 aromatic heterocycles. The predicted octanol–water partition coefficient (Wildman–Crippen LogP) is 3.20. The number of ether oxygens (including phenoxy) is 3. The lowest BCUT2D eigenvalue weighted by Gasteiger charge is -2.21. The monoisotopic (exact) mass is 353 g/mol. The molecule has 136 valence electrons. The Kier molecular flexibility index (Phi) is 4.69. The van der Waals surface area contributed by atoms with E-state index in [9.17, 15) is 4.79 Å². The average molecular weight is 353 g/mol. The van der Waals surface area contributed by atoms with Crippen molar-refractivity contribution in [2.75, 3.05) is 20.3 Å². The van der Waals surface area contributed by atoms with E-state index in [1.54, 1.807) is 7.11 Å². The summed E-state index contributed by atoms with van der Waals surface area (Å²) in [5, 5.41) is 3.02. The summed E-state index contributed by atoms with van der Waals surface area (Å²) in [4.78, 5) is 12.5. The van der Waals surface area contributed by atoms with Gasteiger partial charge in [0, 0.05) is 24.6 Å². The van der Waals surface area contributed by atoms with Crippen molar-refractivity contribution in [1.29, 1.82) is 0 Å². The maximum absolute atomic E-state index is 12.5. The van der Waals surface area contributed by atoms with Crippen LogP contribution in [0.3, 0.4) is 0 Å². The summed E-state index contributed by atoms with van der Waals surface area (Å²) in [5.74, 6) is 2.45. The van der Waals surface area contributed by atoms with Crippen LogP contribution >= 0.6 is 0 Å². The molecule has 1 aliphatic heterocycles. The number of methoxy groups -OCH3 is 1. The zero-order valence-corrected chi connectivity index (χ0v) is 14.9. The van der Waals surface area contributed by atoms with Gasteiger partial charge in [-0.3, -0.25) is 4.79 Å². The minimum absolute atomic E-state index is 0.0589. The van der Waals surface area contributed by atoms with E-state index in [0.717, 1.165) is 18.4 Å². The van der Waals surface area contributed by atoms with Crippen LogP contribution in [0.1, 0.15) is 35.4 Å². The third kappa shape index (κ3) is 3.34. The minimum Gasteiger partial charge on any atom is -0.496 e. The van der Waals surface area contributed by atoms with Crippen molar-refractivity contribution in [3.05, 3.63) is 53.1 Å². The summed E-state index contributed by atoms with van der Waals surface area (Å²) >= 11 is 0. The van der Waals surface area contributed by atoms with Gasteiger partial charge in [-0.25, -0.2) is 0 Å². The third-order valence-electron chi connectivity index (χ3n) is 5.11. The van der Waals surface area contributed by atoms with Gasteiger partial charge in [0.2, 0.25) is 5.91 Å². The molecular formula is C21H23NO4. The topological polar surface area (TPSA) is 56.8 Å².